The maximum absolute atomic E-state index is 11.6. The average Bonchev–Trinajstić information content (AvgIpc) is 2.72. The van der Waals surface area contributed by atoms with Gasteiger partial charge in [-0.2, -0.15) is 0 Å². The first-order valence-electron chi connectivity index (χ1n) is 6.08. The highest BCUT2D eigenvalue weighted by Crippen LogP contribution is 2.29. The van der Waals surface area contributed by atoms with E-state index in [9.17, 15) is 4.79 Å². The van der Waals surface area contributed by atoms with Crippen LogP contribution in [0.3, 0.4) is 0 Å². The number of hydrogen-bond acceptors (Lipinski definition) is 3. The molecule has 1 aliphatic heterocycles. The molecule has 102 valence electrons. The molecule has 1 aromatic heterocycles. The second kappa shape index (κ2) is 5.23. The third kappa shape index (κ3) is 2.11. The Labute approximate surface area is 118 Å². The van der Waals surface area contributed by atoms with Crippen LogP contribution in [0.2, 0.25) is 0 Å². The van der Waals surface area contributed by atoms with Crippen LogP contribution in [0.15, 0.2) is 24.3 Å². The van der Waals surface area contributed by atoms with Crippen molar-refractivity contribution in [2.24, 2.45) is 7.05 Å². The van der Waals surface area contributed by atoms with Crippen LogP contribution in [0.1, 0.15) is 11.3 Å². The van der Waals surface area contributed by atoms with Crippen molar-refractivity contribution in [3.05, 3.63) is 35.5 Å². The van der Waals surface area contributed by atoms with E-state index in [2.05, 4.69) is 29.1 Å². The lowest BCUT2D eigenvalue weighted by atomic mass is 9.98. The van der Waals surface area contributed by atoms with Gasteiger partial charge in [0, 0.05) is 36.6 Å². The van der Waals surface area contributed by atoms with Crippen molar-refractivity contribution >= 4 is 29.3 Å². The largest absolute Gasteiger partial charge is 0.468 e. The number of esters is 1. The summed E-state index contributed by atoms with van der Waals surface area (Å²) in [5.41, 5.74) is 3.74. The van der Waals surface area contributed by atoms with Crippen LogP contribution in [-0.4, -0.2) is 23.7 Å². The molecule has 0 spiro atoms. The fraction of sp³-hybridized carbons (Fsp3) is 0.357. The van der Waals surface area contributed by atoms with E-state index in [4.69, 9.17) is 4.74 Å². The van der Waals surface area contributed by atoms with Crippen LogP contribution in [0.25, 0.3) is 10.9 Å². The number of nitrogens with one attached hydrogen (secondary N) is 1. The van der Waals surface area contributed by atoms with Crippen molar-refractivity contribution in [2.75, 3.05) is 7.11 Å². The molecule has 0 saturated heterocycles. The molecule has 0 fully saturated rings. The van der Waals surface area contributed by atoms with Crippen LogP contribution in [-0.2, 0) is 29.5 Å². The number of methoxy groups -OCH3 is 1. The Balaban J connectivity index is 0.00000133. The number of benzene rings is 1. The van der Waals surface area contributed by atoms with Crippen LogP contribution in [0.5, 0.6) is 0 Å². The number of aromatic nitrogens is 1. The normalized spacial score (nSPS) is 17.7. The molecule has 1 N–H and O–H groups in total. The highest BCUT2D eigenvalue weighted by molar-refractivity contribution is 5.87. The second-order valence-electron chi connectivity index (χ2n) is 4.66. The summed E-state index contributed by atoms with van der Waals surface area (Å²) in [6.07, 6.45) is 0.698. The smallest absolute Gasteiger partial charge is 0.323 e. The lowest BCUT2D eigenvalue weighted by Gasteiger charge is -2.23. The first-order valence-corrected chi connectivity index (χ1v) is 6.08. The maximum Gasteiger partial charge on any atom is 0.323 e. The summed E-state index contributed by atoms with van der Waals surface area (Å²) in [4.78, 5) is 11.6. The number of aryl methyl sites for hydroxylation is 1. The van der Waals surface area contributed by atoms with Crippen LogP contribution in [0, 0.1) is 0 Å². The molecule has 0 amide bonds. The monoisotopic (exact) mass is 280 g/mol. The summed E-state index contributed by atoms with van der Waals surface area (Å²) in [6.45, 7) is 0.709. The van der Waals surface area contributed by atoms with Gasteiger partial charge in [0.1, 0.15) is 6.04 Å². The Morgan fingerprint density at radius 3 is 2.89 bits per heavy atom. The molecule has 1 aliphatic rings. The Morgan fingerprint density at radius 1 is 1.42 bits per heavy atom. The summed E-state index contributed by atoms with van der Waals surface area (Å²) in [6, 6.07) is 8.08. The molecule has 0 saturated carbocycles. The van der Waals surface area contributed by atoms with Crippen molar-refractivity contribution in [3.63, 3.8) is 0 Å². The van der Waals surface area contributed by atoms with Gasteiger partial charge in [-0.05, 0) is 11.6 Å². The van der Waals surface area contributed by atoms with Crippen molar-refractivity contribution in [2.45, 2.75) is 19.0 Å². The highest BCUT2D eigenvalue weighted by Gasteiger charge is 2.28. The molecule has 0 bridgehead atoms. The van der Waals surface area contributed by atoms with Gasteiger partial charge in [-0.25, -0.2) is 0 Å². The van der Waals surface area contributed by atoms with Gasteiger partial charge in [0.05, 0.1) is 7.11 Å². The fourth-order valence-electron chi connectivity index (χ4n) is 2.78. The molecule has 2 aromatic rings. The molecule has 2 heterocycles. The topological polar surface area (TPSA) is 43.3 Å². The number of carbonyl (C=O) groups is 1. The zero-order chi connectivity index (χ0) is 12.7. The molecular weight excluding hydrogens is 264 g/mol. The predicted molar refractivity (Wildman–Crippen MR) is 76.5 cm³/mol. The minimum absolute atomic E-state index is 0. The summed E-state index contributed by atoms with van der Waals surface area (Å²) >= 11 is 0. The standard InChI is InChI=1S/C14H16N2O2.ClH/c1-16-12-6-4-3-5-9(12)10-7-11(14(17)18-2)15-8-13(10)16;/h3-6,11,15H,7-8H2,1-2H3;1H. The van der Waals surface area contributed by atoms with Gasteiger partial charge >= 0.3 is 5.97 Å². The lowest BCUT2D eigenvalue weighted by Crippen LogP contribution is -2.42. The SMILES string of the molecule is COC(=O)C1Cc2c(n(C)c3ccccc23)CN1.Cl. The van der Waals surface area contributed by atoms with Crippen molar-refractivity contribution in [1.82, 2.24) is 9.88 Å². The Kier molecular flexibility index (Phi) is 3.83. The third-order valence-electron chi connectivity index (χ3n) is 3.75. The molecule has 1 atom stereocenters. The average molecular weight is 281 g/mol. The van der Waals surface area contributed by atoms with Crippen molar-refractivity contribution in [1.29, 1.82) is 0 Å². The summed E-state index contributed by atoms with van der Waals surface area (Å²) in [5.74, 6) is -0.186. The van der Waals surface area contributed by atoms with Crippen LogP contribution >= 0.6 is 12.4 Å². The number of carbonyl (C=O) groups excluding carboxylic acids is 1. The van der Waals surface area contributed by atoms with E-state index in [-0.39, 0.29) is 24.4 Å². The number of fused-ring (bicyclic) bond motifs is 3. The van der Waals surface area contributed by atoms with Gasteiger partial charge in [-0.1, -0.05) is 18.2 Å². The van der Waals surface area contributed by atoms with E-state index >= 15 is 0 Å². The number of ether oxygens (including phenoxy) is 1. The summed E-state index contributed by atoms with van der Waals surface area (Å²) < 4.78 is 7.01. The Hall–Kier alpha value is -1.52. The van der Waals surface area contributed by atoms with E-state index in [1.165, 1.54) is 29.3 Å². The van der Waals surface area contributed by atoms with Gasteiger partial charge in [-0.15, -0.1) is 12.4 Å². The highest BCUT2D eigenvalue weighted by atomic mass is 35.5. The molecule has 19 heavy (non-hydrogen) atoms. The molecule has 0 radical (unpaired) electrons. The Morgan fingerprint density at radius 2 is 2.16 bits per heavy atom. The van der Waals surface area contributed by atoms with Crippen molar-refractivity contribution in [3.8, 4) is 0 Å². The zero-order valence-electron chi connectivity index (χ0n) is 11.0. The number of para-hydroxylation sites is 1. The summed E-state index contributed by atoms with van der Waals surface area (Å²) in [5, 5.41) is 4.47. The lowest BCUT2D eigenvalue weighted by molar-refractivity contribution is -0.143. The van der Waals surface area contributed by atoms with Gasteiger partial charge in [0.2, 0.25) is 0 Å². The number of halogens is 1. The van der Waals surface area contributed by atoms with Crippen LogP contribution < -0.4 is 5.32 Å². The van der Waals surface area contributed by atoms with E-state index in [0.717, 1.165) is 0 Å². The predicted octanol–water partition coefficient (Wildman–Crippen LogP) is 1.79. The Bertz CT molecular complexity index is 621. The van der Waals surface area contributed by atoms with Gasteiger partial charge < -0.3 is 9.30 Å². The second-order valence-corrected chi connectivity index (χ2v) is 4.66. The molecule has 5 heteroatoms. The third-order valence-corrected chi connectivity index (χ3v) is 3.75. The molecule has 1 unspecified atom stereocenters. The quantitative estimate of drug-likeness (QED) is 0.810. The van der Waals surface area contributed by atoms with E-state index in [0.29, 0.717) is 13.0 Å². The zero-order valence-corrected chi connectivity index (χ0v) is 11.8. The van der Waals surface area contributed by atoms with Gasteiger partial charge in [0.25, 0.3) is 0 Å². The minimum Gasteiger partial charge on any atom is -0.468 e. The number of rotatable bonds is 1. The molecule has 4 nitrogen and oxygen atoms in total. The van der Waals surface area contributed by atoms with Gasteiger partial charge in [0.15, 0.2) is 0 Å². The fourth-order valence-corrected chi connectivity index (χ4v) is 2.78. The van der Waals surface area contributed by atoms with Crippen molar-refractivity contribution < 1.29 is 9.53 Å². The minimum atomic E-state index is -0.228. The molecular formula is C14H17ClN2O2. The first kappa shape index (κ1) is 13.9. The van der Waals surface area contributed by atoms with E-state index in [1.54, 1.807) is 0 Å². The number of hydrogen-bond donors (Lipinski definition) is 1. The van der Waals surface area contributed by atoms with Gasteiger partial charge in [-0.3, -0.25) is 10.1 Å². The summed E-state index contributed by atoms with van der Waals surface area (Å²) in [7, 11) is 3.50. The number of nitrogens with zero attached hydrogens (tertiary/aromatic N) is 1. The molecule has 1 aromatic carbocycles. The first-order chi connectivity index (χ1) is 8.72. The van der Waals surface area contributed by atoms with E-state index in [1.807, 2.05) is 12.1 Å². The van der Waals surface area contributed by atoms with Crippen LogP contribution in [0.4, 0.5) is 0 Å². The van der Waals surface area contributed by atoms with E-state index < -0.39 is 0 Å². The molecule has 3 rings (SSSR count). The maximum atomic E-state index is 11.6. The molecule has 0 aliphatic carbocycles.